The Bertz CT molecular complexity index is 569. The highest BCUT2D eigenvalue weighted by Crippen LogP contribution is 2.19. The van der Waals surface area contributed by atoms with E-state index in [4.69, 9.17) is 0 Å². The van der Waals surface area contributed by atoms with E-state index in [9.17, 15) is 8.42 Å². The van der Waals surface area contributed by atoms with Gasteiger partial charge < -0.3 is 0 Å². The lowest BCUT2D eigenvalue weighted by atomic mass is 10.0. The molecule has 0 aromatic heterocycles. The van der Waals surface area contributed by atoms with Gasteiger partial charge in [-0.05, 0) is 32.4 Å². The van der Waals surface area contributed by atoms with E-state index in [0.29, 0.717) is 12.1 Å². The molecule has 0 aliphatic rings. The van der Waals surface area contributed by atoms with E-state index in [1.165, 1.54) is 0 Å². The minimum Gasteiger partial charge on any atom is -0.285 e. The zero-order valence-corrected chi connectivity index (χ0v) is 12.3. The predicted molar refractivity (Wildman–Crippen MR) is 79.9 cm³/mol. The fourth-order valence-corrected chi connectivity index (χ4v) is 1.98. The molecule has 0 bridgehead atoms. The van der Waals surface area contributed by atoms with Gasteiger partial charge in [-0.2, -0.15) is 5.10 Å². The number of thiol groups is 1. The summed E-state index contributed by atoms with van der Waals surface area (Å²) < 4.78 is 24.1. The Kier molecular flexibility index (Phi) is 5.57. The van der Waals surface area contributed by atoms with E-state index in [-0.39, 0.29) is 0 Å². The van der Waals surface area contributed by atoms with Crippen molar-refractivity contribution in [2.75, 3.05) is 4.72 Å². The van der Waals surface area contributed by atoms with Crippen LogP contribution in [-0.4, -0.2) is 14.1 Å². The molecule has 1 aromatic rings. The molecule has 0 fully saturated rings. The Morgan fingerprint density at radius 2 is 2.11 bits per heavy atom. The van der Waals surface area contributed by atoms with E-state index in [0.717, 1.165) is 22.5 Å². The Morgan fingerprint density at radius 1 is 1.42 bits per heavy atom. The summed E-state index contributed by atoms with van der Waals surface area (Å²) >= 11 is 0. The first-order valence-electron chi connectivity index (χ1n) is 5.94. The van der Waals surface area contributed by atoms with Crippen LogP contribution in [0.4, 0.5) is 5.69 Å². The molecular formula is C13H19N3O2S. The van der Waals surface area contributed by atoms with Gasteiger partial charge in [0.2, 0.25) is 10.9 Å². The molecular weight excluding hydrogens is 262 g/mol. The van der Waals surface area contributed by atoms with E-state index in [1.54, 1.807) is 13.0 Å². The van der Waals surface area contributed by atoms with Crippen LogP contribution in [0.15, 0.2) is 35.6 Å². The van der Waals surface area contributed by atoms with Crippen molar-refractivity contribution in [1.82, 2.24) is 5.43 Å². The Morgan fingerprint density at radius 3 is 2.63 bits per heavy atom. The highest BCUT2D eigenvalue weighted by Gasteiger charge is 2.09. The standard InChI is InChI=1S/C13H19N3O2S/c1-5-12(15-14-9(2)3)11-8-10(4)6-7-13(11)16-19(17)18/h6-8,14,19H,2,5H2,1,3-4H3,(H,16,17,18)/b15-12+. The molecule has 0 amide bonds. The zero-order chi connectivity index (χ0) is 14.4. The lowest BCUT2D eigenvalue weighted by Crippen LogP contribution is -2.11. The molecule has 0 heterocycles. The molecule has 2 N–H and O–H groups in total. The van der Waals surface area contributed by atoms with Crippen LogP contribution < -0.4 is 10.1 Å². The molecule has 0 saturated heterocycles. The molecule has 6 heteroatoms. The van der Waals surface area contributed by atoms with Gasteiger partial charge >= 0.3 is 0 Å². The summed E-state index contributed by atoms with van der Waals surface area (Å²) in [6, 6.07) is 5.50. The van der Waals surface area contributed by atoms with Crippen molar-refractivity contribution >= 4 is 22.3 Å². The fourth-order valence-electron chi connectivity index (χ4n) is 1.59. The van der Waals surface area contributed by atoms with Crippen LogP contribution >= 0.6 is 0 Å². The second-order valence-electron chi connectivity index (χ2n) is 4.22. The molecule has 1 aromatic carbocycles. The van der Waals surface area contributed by atoms with Crippen molar-refractivity contribution in [2.24, 2.45) is 5.10 Å². The maximum atomic E-state index is 10.8. The molecule has 104 valence electrons. The lowest BCUT2D eigenvalue weighted by Gasteiger charge is -2.11. The van der Waals surface area contributed by atoms with Gasteiger partial charge in [0.1, 0.15) is 0 Å². The minimum absolute atomic E-state index is 0.533. The highest BCUT2D eigenvalue weighted by atomic mass is 32.2. The first-order valence-corrected chi connectivity index (χ1v) is 7.12. The highest BCUT2D eigenvalue weighted by molar-refractivity contribution is 7.73. The Hall–Kier alpha value is -1.82. The van der Waals surface area contributed by atoms with Crippen molar-refractivity contribution in [1.29, 1.82) is 0 Å². The van der Waals surface area contributed by atoms with Gasteiger partial charge in [-0.1, -0.05) is 25.1 Å². The van der Waals surface area contributed by atoms with Crippen LogP contribution in [-0.2, 0) is 10.9 Å². The molecule has 1 rings (SSSR count). The molecule has 0 atom stereocenters. The molecule has 0 saturated carbocycles. The molecule has 0 spiro atoms. The third-order valence-electron chi connectivity index (χ3n) is 2.41. The average molecular weight is 281 g/mol. The first kappa shape index (κ1) is 15.2. The van der Waals surface area contributed by atoms with Crippen LogP contribution in [0.3, 0.4) is 0 Å². The number of rotatable bonds is 6. The number of nitrogens with one attached hydrogen (secondary N) is 2. The van der Waals surface area contributed by atoms with Crippen LogP contribution in [0.5, 0.6) is 0 Å². The molecule has 0 aliphatic heterocycles. The van der Waals surface area contributed by atoms with Gasteiger partial charge in [0.25, 0.3) is 0 Å². The van der Waals surface area contributed by atoms with Gasteiger partial charge in [0.15, 0.2) is 0 Å². The topological polar surface area (TPSA) is 70.6 Å². The average Bonchev–Trinajstić information content (AvgIpc) is 2.32. The second-order valence-corrected chi connectivity index (χ2v) is 4.96. The quantitative estimate of drug-likeness (QED) is 0.425. The Balaban J connectivity index is 3.23. The maximum Gasteiger partial charge on any atom is 0.222 e. The largest absolute Gasteiger partial charge is 0.285 e. The number of hydrogen-bond acceptors (Lipinski definition) is 4. The number of allylic oxidation sites excluding steroid dienone is 1. The third-order valence-corrected chi connectivity index (χ3v) is 2.84. The lowest BCUT2D eigenvalue weighted by molar-refractivity contribution is 0.619. The summed E-state index contributed by atoms with van der Waals surface area (Å²) in [5.41, 5.74) is 6.65. The SMILES string of the molecule is C=C(C)N/N=C(\CC)c1cc(C)ccc1N[SH](=O)=O. The number of hydrazone groups is 1. The van der Waals surface area contributed by atoms with Gasteiger partial charge in [0, 0.05) is 11.3 Å². The monoisotopic (exact) mass is 281 g/mol. The van der Waals surface area contributed by atoms with Gasteiger partial charge in [-0.3, -0.25) is 10.1 Å². The normalized spacial score (nSPS) is 11.5. The first-order chi connectivity index (χ1) is 8.93. The zero-order valence-electron chi connectivity index (χ0n) is 11.4. The van der Waals surface area contributed by atoms with Crippen molar-refractivity contribution in [3.63, 3.8) is 0 Å². The van der Waals surface area contributed by atoms with Crippen molar-refractivity contribution < 1.29 is 8.42 Å². The molecule has 19 heavy (non-hydrogen) atoms. The van der Waals surface area contributed by atoms with Crippen LogP contribution in [0, 0.1) is 6.92 Å². The smallest absolute Gasteiger partial charge is 0.222 e. The molecule has 0 radical (unpaired) electrons. The van der Waals surface area contributed by atoms with Gasteiger partial charge in [-0.25, -0.2) is 8.42 Å². The predicted octanol–water partition coefficient (Wildman–Crippen LogP) is 2.17. The summed E-state index contributed by atoms with van der Waals surface area (Å²) in [5, 5.41) is 4.25. The van der Waals surface area contributed by atoms with Gasteiger partial charge in [-0.15, -0.1) is 0 Å². The van der Waals surface area contributed by atoms with Crippen molar-refractivity contribution in [3.05, 3.63) is 41.6 Å². The number of hydrogen-bond donors (Lipinski definition) is 3. The van der Waals surface area contributed by atoms with Gasteiger partial charge in [0.05, 0.1) is 11.4 Å². The number of nitrogens with zero attached hydrogens (tertiary/aromatic N) is 1. The van der Waals surface area contributed by atoms with E-state index >= 15 is 0 Å². The van der Waals surface area contributed by atoms with Crippen molar-refractivity contribution in [3.8, 4) is 0 Å². The minimum atomic E-state index is -2.70. The summed E-state index contributed by atoms with van der Waals surface area (Å²) in [7, 11) is -2.70. The summed E-state index contributed by atoms with van der Waals surface area (Å²) in [6.07, 6.45) is 0.675. The summed E-state index contributed by atoms with van der Waals surface area (Å²) in [6.45, 7) is 9.43. The van der Waals surface area contributed by atoms with Crippen LogP contribution in [0.1, 0.15) is 31.4 Å². The van der Waals surface area contributed by atoms with E-state index in [2.05, 4.69) is 21.8 Å². The number of anilines is 1. The van der Waals surface area contributed by atoms with E-state index < -0.39 is 10.9 Å². The van der Waals surface area contributed by atoms with Crippen LogP contribution in [0.25, 0.3) is 0 Å². The third kappa shape index (κ3) is 4.75. The molecule has 5 nitrogen and oxygen atoms in total. The number of benzene rings is 1. The summed E-state index contributed by atoms with van der Waals surface area (Å²) in [4.78, 5) is 0. The summed E-state index contributed by atoms with van der Waals surface area (Å²) in [5.74, 6) is 0. The van der Waals surface area contributed by atoms with Crippen molar-refractivity contribution in [2.45, 2.75) is 27.2 Å². The molecule has 0 unspecified atom stereocenters. The number of aryl methyl sites for hydroxylation is 1. The van der Waals surface area contributed by atoms with Crippen LogP contribution in [0.2, 0.25) is 0 Å². The Labute approximate surface area is 115 Å². The second kappa shape index (κ2) is 6.94. The fraction of sp³-hybridized carbons (Fsp3) is 0.308. The molecule has 0 aliphatic carbocycles. The maximum absolute atomic E-state index is 10.8. The van der Waals surface area contributed by atoms with E-state index in [1.807, 2.05) is 26.0 Å².